The summed E-state index contributed by atoms with van der Waals surface area (Å²) in [6, 6.07) is 13.5. The van der Waals surface area contributed by atoms with Gasteiger partial charge in [0.1, 0.15) is 6.54 Å². The number of nitrogens with zero attached hydrogens (tertiary/aromatic N) is 2. The van der Waals surface area contributed by atoms with Crippen molar-refractivity contribution in [2.45, 2.75) is 26.3 Å². The lowest BCUT2D eigenvalue weighted by atomic mass is 10.1. The Bertz CT molecular complexity index is 1040. The molecule has 0 spiro atoms. The fourth-order valence-corrected chi connectivity index (χ4v) is 3.40. The Kier molecular flexibility index (Phi) is 6.88. The molecule has 5 nitrogen and oxygen atoms in total. The number of halogens is 2. The number of H-pyrrole nitrogens is 1. The van der Waals surface area contributed by atoms with Gasteiger partial charge in [-0.1, -0.05) is 53.0 Å². The van der Waals surface area contributed by atoms with Gasteiger partial charge in [0.05, 0.1) is 10.0 Å². The van der Waals surface area contributed by atoms with E-state index in [4.69, 9.17) is 35.4 Å². The summed E-state index contributed by atoms with van der Waals surface area (Å²) in [5, 5.41) is 11.1. The summed E-state index contributed by atoms with van der Waals surface area (Å²) in [6.45, 7) is 2.69. The van der Waals surface area contributed by atoms with Gasteiger partial charge in [-0.05, 0) is 55.7 Å². The standard InChI is InChI=1S/C20H20Cl2N4OS/c1-13-4-2-6-15(10-13)19-24-25-20(28)26(19)12-18(27)23-9-3-5-14-7-8-16(21)17(22)11-14/h2,4,6-8,10-11H,3,5,9,12H2,1H3,(H,23,27)(H,25,28). The van der Waals surface area contributed by atoms with E-state index in [1.54, 1.807) is 10.6 Å². The molecule has 0 saturated carbocycles. The normalized spacial score (nSPS) is 10.8. The highest BCUT2D eigenvalue weighted by Crippen LogP contribution is 2.23. The molecule has 0 bridgehead atoms. The smallest absolute Gasteiger partial charge is 0.240 e. The zero-order valence-corrected chi connectivity index (χ0v) is 17.7. The molecule has 0 unspecified atom stereocenters. The quantitative estimate of drug-likeness (QED) is 0.407. The van der Waals surface area contributed by atoms with Crippen LogP contribution in [0.15, 0.2) is 42.5 Å². The second kappa shape index (κ2) is 9.37. The van der Waals surface area contributed by atoms with E-state index >= 15 is 0 Å². The number of hydrogen-bond acceptors (Lipinski definition) is 3. The van der Waals surface area contributed by atoms with Crippen LogP contribution in [0.2, 0.25) is 10.0 Å². The molecule has 146 valence electrons. The first kappa shape index (κ1) is 20.6. The number of rotatable bonds is 7. The summed E-state index contributed by atoms with van der Waals surface area (Å²) in [6.07, 6.45) is 1.60. The van der Waals surface area contributed by atoms with Crippen LogP contribution in [0, 0.1) is 11.7 Å². The molecule has 28 heavy (non-hydrogen) atoms. The lowest BCUT2D eigenvalue weighted by molar-refractivity contribution is -0.121. The van der Waals surface area contributed by atoms with Crippen LogP contribution in [0.3, 0.4) is 0 Å². The third-order valence-electron chi connectivity index (χ3n) is 4.28. The Labute approximate surface area is 178 Å². The third kappa shape index (κ3) is 5.22. The fourth-order valence-electron chi connectivity index (χ4n) is 2.88. The molecule has 3 aromatic rings. The van der Waals surface area contributed by atoms with Gasteiger partial charge in [0.2, 0.25) is 5.91 Å². The molecule has 1 amide bonds. The Balaban J connectivity index is 1.56. The largest absolute Gasteiger partial charge is 0.355 e. The van der Waals surface area contributed by atoms with Gasteiger partial charge in [0.25, 0.3) is 0 Å². The first-order chi connectivity index (χ1) is 13.4. The number of nitrogens with one attached hydrogen (secondary N) is 2. The van der Waals surface area contributed by atoms with E-state index in [0.29, 0.717) is 27.2 Å². The van der Waals surface area contributed by atoms with Crippen molar-refractivity contribution < 1.29 is 4.79 Å². The molecule has 8 heteroatoms. The lowest BCUT2D eigenvalue weighted by Crippen LogP contribution is -2.29. The Morgan fingerprint density at radius 1 is 1.21 bits per heavy atom. The van der Waals surface area contributed by atoms with Crippen LogP contribution < -0.4 is 5.32 Å². The fraction of sp³-hybridized carbons (Fsp3) is 0.250. The minimum Gasteiger partial charge on any atom is -0.355 e. The van der Waals surface area contributed by atoms with E-state index in [1.165, 1.54) is 0 Å². The molecule has 2 aromatic carbocycles. The van der Waals surface area contributed by atoms with Crippen molar-refractivity contribution in [3.63, 3.8) is 0 Å². The molecular weight excluding hydrogens is 415 g/mol. The number of carbonyl (C=O) groups is 1. The molecule has 3 rings (SSSR count). The topological polar surface area (TPSA) is 62.7 Å². The molecule has 0 aliphatic carbocycles. The molecule has 0 aliphatic rings. The van der Waals surface area contributed by atoms with Crippen LogP contribution in [0.4, 0.5) is 0 Å². The van der Waals surface area contributed by atoms with Crippen molar-refractivity contribution in [2.75, 3.05) is 6.54 Å². The van der Waals surface area contributed by atoms with Gasteiger partial charge < -0.3 is 5.32 Å². The van der Waals surface area contributed by atoms with Gasteiger partial charge in [-0.2, -0.15) is 5.10 Å². The van der Waals surface area contributed by atoms with Gasteiger partial charge in [0.15, 0.2) is 10.6 Å². The van der Waals surface area contributed by atoms with E-state index < -0.39 is 0 Å². The average Bonchev–Trinajstić information content (AvgIpc) is 3.02. The second-order valence-corrected chi connectivity index (χ2v) is 7.71. The van der Waals surface area contributed by atoms with E-state index in [2.05, 4.69) is 15.5 Å². The number of benzene rings is 2. The van der Waals surface area contributed by atoms with Crippen molar-refractivity contribution >= 4 is 41.3 Å². The van der Waals surface area contributed by atoms with Gasteiger partial charge in [-0.25, -0.2) is 0 Å². The van der Waals surface area contributed by atoms with Crippen LogP contribution in [-0.4, -0.2) is 27.2 Å². The van der Waals surface area contributed by atoms with Crippen molar-refractivity contribution in [1.29, 1.82) is 0 Å². The Hall–Kier alpha value is -2.15. The van der Waals surface area contributed by atoms with Crippen LogP contribution in [0.25, 0.3) is 11.4 Å². The molecule has 0 atom stereocenters. The number of amides is 1. The van der Waals surface area contributed by atoms with Crippen LogP contribution in [0.1, 0.15) is 17.5 Å². The number of aryl methyl sites for hydroxylation is 2. The predicted molar refractivity (Wildman–Crippen MR) is 115 cm³/mol. The van der Waals surface area contributed by atoms with E-state index in [1.807, 2.05) is 43.3 Å². The van der Waals surface area contributed by atoms with Crippen molar-refractivity contribution in [3.05, 3.63) is 68.4 Å². The maximum atomic E-state index is 12.4. The SMILES string of the molecule is Cc1cccc(-c2n[nH]c(=S)n2CC(=O)NCCCc2ccc(Cl)c(Cl)c2)c1. The zero-order chi connectivity index (χ0) is 20.1. The summed E-state index contributed by atoms with van der Waals surface area (Å²) in [5.41, 5.74) is 3.12. The van der Waals surface area contributed by atoms with Crippen molar-refractivity contribution in [3.8, 4) is 11.4 Å². The monoisotopic (exact) mass is 434 g/mol. The summed E-state index contributed by atoms with van der Waals surface area (Å²) >= 11 is 17.2. The zero-order valence-electron chi connectivity index (χ0n) is 15.3. The van der Waals surface area contributed by atoms with Crippen LogP contribution in [0.5, 0.6) is 0 Å². The molecule has 1 heterocycles. The highest BCUT2D eigenvalue weighted by atomic mass is 35.5. The van der Waals surface area contributed by atoms with Gasteiger partial charge >= 0.3 is 0 Å². The predicted octanol–water partition coefficient (Wildman–Crippen LogP) is 4.97. The summed E-state index contributed by atoms with van der Waals surface area (Å²) in [4.78, 5) is 12.4. The first-order valence-electron chi connectivity index (χ1n) is 8.87. The number of aromatic nitrogens is 3. The summed E-state index contributed by atoms with van der Waals surface area (Å²) in [5.74, 6) is 0.542. The summed E-state index contributed by atoms with van der Waals surface area (Å²) < 4.78 is 2.13. The Morgan fingerprint density at radius 2 is 2.04 bits per heavy atom. The first-order valence-corrected chi connectivity index (χ1v) is 10.0. The van der Waals surface area contributed by atoms with Crippen LogP contribution in [-0.2, 0) is 17.8 Å². The van der Waals surface area contributed by atoms with E-state index in [-0.39, 0.29) is 12.5 Å². The van der Waals surface area contributed by atoms with Crippen LogP contribution >= 0.6 is 35.4 Å². The van der Waals surface area contributed by atoms with Gasteiger partial charge in [-0.15, -0.1) is 0 Å². The molecule has 0 saturated heterocycles. The molecule has 2 N–H and O–H groups in total. The minimum absolute atomic E-state index is 0.111. The molecular formula is C20H20Cl2N4OS. The highest BCUT2D eigenvalue weighted by molar-refractivity contribution is 7.71. The molecule has 0 fully saturated rings. The van der Waals surface area contributed by atoms with Crippen molar-refractivity contribution in [2.24, 2.45) is 0 Å². The maximum absolute atomic E-state index is 12.4. The summed E-state index contributed by atoms with van der Waals surface area (Å²) in [7, 11) is 0. The molecule has 0 aliphatic heterocycles. The van der Waals surface area contributed by atoms with Gasteiger partial charge in [0, 0.05) is 12.1 Å². The molecule has 0 radical (unpaired) electrons. The second-order valence-electron chi connectivity index (χ2n) is 6.51. The third-order valence-corrected chi connectivity index (χ3v) is 5.34. The van der Waals surface area contributed by atoms with E-state index in [9.17, 15) is 4.79 Å². The van der Waals surface area contributed by atoms with Gasteiger partial charge in [-0.3, -0.25) is 14.5 Å². The molecule has 1 aromatic heterocycles. The number of aromatic amines is 1. The van der Waals surface area contributed by atoms with E-state index in [0.717, 1.165) is 29.5 Å². The van der Waals surface area contributed by atoms with Crippen molar-refractivity contribution in [1.82, 2.24) is 20.1 Å². The minimum atomic E-state index is -0.111. The highest BCUT2D eigenvalue weighted by Gasteiger charge is 2.12. The lowest BCUT2D eigenvalue weighted by Gasteiger charge is -2.09. The Morgan fingerprint density at radius 3 is 2.79 bits per heavy atom. The number of hydrogen-bond donors (Lipinski definition) is 2. The average molecular weight is 435 g/mol. The number of carbonyl (C=O) groups excluding carboxylic acids is 1. The maximum Gasteiger partial charge on any atom is 0.240 e.